The molecule has 2 aliphatic heterocycles. The number of hydrogen-bond donors (Lipinski definition) is 1. The number of nitrogens with zero attached hydrogens (tertiary/aromatic N) is 1. The average Bonchev–Trinajstić information content (AvgIpc) is 2.67. The molecule has 0 aromatic rings. The zero-order valence-corrected chi connectivity index (χ0v) is 8.11. The van der Waals surface area contributed by atoms with Crippen molar-refractivity contribution in [2.45, 2.75) is 37.8 Å². The predicted octanol–water partition coefficient (Wildman–Crippen LogP) is 0.622. The molecular formula is C10H19NO2. The lowest BCUT2D eigenvalue weighted by molar-refractivity contribution is 0.0198. The molecule has 0 saturated carbocycles. The van der Waals surface area contributed by atoms with Crippen LogP contribution in [0.25, 0.3) is 0 Å². The number of aliphatic hydroxyl groups excluding tert-OH is 1. The highest BCUT2D eigenvalue weighted by molar-refractivity contribution is 4.85. The van der Waals surface area contributed by atoms with Crippen LogP contribution in [0.4, 0.5) is 0 Å². The Morgan fingerprint density at radius 1 is 1.23 bits per heavy atom. The number of hydrogen-bond acceptors (Lipinski definition) is 3. The first-order chi connectivity index (χ1) is 6.42. The molecule has 0 aromatic carbocycles. The Morgan fingerprint density at radius 3 is 2.69 bits per heavy atom. The van der Waals surface area contributed by atoms with E-state index in [2.05, 4.69) is 4.90 Å². The lowest BCUT2D eigenvalue weighted by Crippen LogP contribution is -2.43. The molecule has 1 unspecified atom stereocenters. The predicted molar refractivity (Wildman–Crippen MR) is 50.7 cm³/mol. The average molecular weight is 185 g/mol. The van der Waals surface area contributed by atoms with Gasteiger partial charge in [-0.2, -0.15) is 0 Å². The van der Waals surface area contributed by atoms with Gasteiger partial charge >= 0.3 is 0 Å². The highest BCUT2D eigenvalue weighted by Gasteiger charge is 2.30. The first-order valence-corrected chi connectivity index (χ1v) is 5.36. The Bertz CT molecular complexity index is 157. The van der Waals surface area contributed by atoms with Crippen LogP contribution in [0, 0.1) is 0 Å². The van der Waals surface area contributed by atoms with Gasteiger partial charge in [0.25, 0.3) is 0 Å². The molecule has 2 saturated heterocycles. The molecule has 0 amide bonds. The maximum absolute atomic E-state index is 9.19. The van der Waals surface area contributed by atoms with Gasteiger partial charge in [0, 0.05) is 25.3 Å². The Balaban J connectivity index is 1.90. The Morgan fingerprint density at radius 2 is 2.00 bits per heavy atom. The van der Waals surface area contributed by atoms with Crippen molar-refractivity contribution < 1.29 is 9.84 Å². The van der Waals surface area contributed by atoms with Crippen LogP contribution in [0.2, 0.25) is 0 Å². The van der Waals surface area contributed by atoms with Gasteiger partial charge in [-0.3, -0.25) is 4.90 Å². The van der Waals surface area contributed by atoms with Gasteiger partial charge in [-0.25, -0.2) is 0 Å². The summed E-state index contributed by atoms with van der Waals surface area (Å²) in [5.41, 5.74) is 0. The van der Waals surface area contributed by atoms with Crippen LogP contribution in [0.5, 0.6) is 0 Å². The van der Waals surface area contributed by atoms with Gasteiger partial charge in [0.15, 0.2) is 0 Å². The highest BCUT2D eigenvalue weighted by Crippen LogP contribution is 2.24. The summed E-state index contributed by atoms with van der Waals surface area (Å²) in [7, 11) is 0. The van der Waals surface area contributed by atoms with Crippen LogP contribution in [0.1, 0.15) is 25.7 Å². The van der Waals surface area contributed by atoms with Crippen LogP contribution < -0.4 is 0 Å². The van der Waals surface area contributed by atoms with E-state index in [1.807, 2.05) is 0 Å². The molecule has 13 heavy (non-hydrogen) atoms. The van der Waals surface area contributed by atoms with E-state index < -0.39 is 0 Å². The molecule has 0 aliphatic carbocycles. The van der Waals surface area contributed by atoms with Crippen LogP contribution in [0.3, 0.4) is 0 Å². The fraction of sp³-hybridized carbons (Fsp3) is 1.00. The number of likely N-dealkylation sites (tertiary alicyclic amines) is 1. The molecule has 0 spiro atoms. The van der Waals surface area contributed by atoms with E-state index in [0.717, 1.165) is 26.1 Å². The molecule has 2 rings (SSSR count). The molecule has 76 valence electrons. The van der Waals surface area contributed by atoms with Gasteiger partial charge in [-0.05, 0) is 32.2 Å². The zero-order chi connectivity index (χ0) is 9.10. The van der Waals surface area contributed by atoms with Gasteiger partial charge < -0.3 is 9.84 Å². The summed E-state index contributed by atoms with van der Waals surface area (Å²) >= 11 is 0. The topological polar surface area (TPSA) is 32.7 Å². The van der Waals surface area contributed by atoms with Gasteiger partial charge in [0.1, 0.15) is 0 Å². The molecule has 3 nitrogen and oxygen atoms in total. The molecule has 0 aromatic heterocycles. The van der Waals surface area contributed by atoms with Crippen molar-refractivity contribution in [3.63, 3.8) is 0 Å². The SMILES string of the molecule is OCC1CCCN1C1CCOCC1. The maximum atomic E-state index is 9.19. The zero-order valence-electron chi connectivity index (χ0n) is 8.11. The van der Waals surface area contributed by atoms with Gasteiger partial charge in [0.2, 0.25) is 0 Å². The number of ether oxygens (including phenoxy) is 1. The van der Waals surface area contributed by atoms with Crippen molar-refractivity contribution in [3.05, 3.63) is 0 Å². The van der Waals surface area contributed by atoms with E-state index in [-0.39, 0.29) is 0 Å². The van der Waals surface area contributed by atoms with Crippen molar-refractivity contribution >= 4 is 0 Å². The molecule has 3 heteroatoms. The second kappa shape index (κ2) is 4.40. The van der Waals surface area contributed by atoms with Gasteiger partial charge in [0.05, 0.1) is 6.61 Å². The minimum absolute atomic E-state index is 0.331. The molecule has 0 radical (unpaired) electrons. The molecule has 0 bridgehead atoms. The third-order valence-electron chi connectivity index (χ3n) is 3.29. The lowest BCUT2D eigenvalue weighted by Gasteiger charge is -2.34. The minimum atomic E-state index is 0.331. The van der Waals surface area contributed by atoms with Crippen LogP contribution in [-0.2, 0) is 4.74 Å². The van der Waals surface area contributed by atoms with Crippen molar-refractivity contribution in [1.29, 1.82) is 0 Å². The quantitative estimate of drug-likeness (QED) is 0.684. The fourth-order valence-corrected chi connectivity index (χ4v) is 2.55. The first-order valence-electron chi connectivity index (χ1n) is 5.36. The second-order valence-corrected chi connectivity index (χ2v) is 4.06. The van der Waals surface area contributed by atoms with Crippen LogP contribution in [-0.4, -0.2) is 48.5 Å². The standard InChI is InChI=1S/C10H19NO2/c12-8-10-2-1-5-11(10)9-3-6-13-7-4-9/h9-10,12H,1-8H2. The van der Waals surface area contributed by atoms with E-state index >= 15 is 0 Å². The molecule has 2 fully saturated rings. The molecule has 1 N–H and O–H groups in total. The summed E-state index contributed by atoms with van der Waals surface area (Å²) < 4.78 is 5.34. The molecular weight excluding hydrogens is 166 g/mol. The van der Waals surface area contributed by atoms with Crippen molar-refractivity contribution in [2.24, 2.45) is 0 Å². The van der Waals surface area contributed by atoms with Crippen LogP contribution >= 0.6 is 0 Å². The first kappa shape index (κ1) is 9.44. The highest BCUT2D eigenvalue weighted by atomic mass is 16.5. The van der Waals surface area contributed by atoms with E-state index in [9.17, 15) is 5.11 Å². The Labute approximate surface area is 79.7 Å². The molecule has 2 aliphatic rings. The fourth-order valence-electron chi connectivity index (χ4n) is 2.55. The van der Waals surface area contributed by atoms with E-state index in [0.29, 0.717) is 18.7 Å². The maximum Gasteiger partial charge on any atom is 0.0586 e. The number of aliphatic hydroxyl groups is 1. The Hall–Kier alpha value is -0.120. The lowest BCUT2D eigenvalue weighted by atomic mass is 10.1. The van der Waals surface area contributed by atoms with E-state index in [1.165, 1.54) is 19.4 Å². The third-order valence-corrected chi connectivity index (χ3v) is 3.29. The van der Waals surface area contributed by atoms with E-state index in [1.54, 1.807) is 0 Å². The molecule has 2 heterocycles. The normalized spacial score (nSPS) is 32.5. The second-order valence-electron chi connectivity index (χ2n) is 4.06. The van der Waals surface area contributed by atoms with Crippen molar-refractivity contribution in [2.75, 3.05) is 26.4 Å². The summed E-state index contributed by atoms with van der Waals surface area (Å²) in [5.74, 6) is 0. The molecule has 1 atom stereocenters. The summed E-state index contributed by atoms with van der Waals surface area (Å²) in [6, 6.07) is 1.11. The van der Waals surface area contributed by atoms with Crippen molar-refractivity contribution in [3.8, 4) is 0 Å². The smallest absolute Gasteiger partial charge is 0.0586 e. The van der Waals surface area contributed by atoms with E-state index in [4.69, 9.17) is 4.74 Å². The van der Waals surface area contributed by atoms with Crippen LogP contribution in [0.15, 0.2) is 0 Å². The van der Waals surface area contributed by atoms with Crippen molar-refractivity contribution in [1.82, 2.24) is 4.90 Å². The van der Waals surface area contributed by atoms with Gasteiger partial charge in [-0.1, -0.05) is 0 Å². The largest absolute Gasteiger partial charge is 0.395 e. The summed E-state index contributed by atoms with van der Waals surface area (Å²) in [5, 5.41) is 9.19. The minimum Gasteiger partial charge on any atom is -0.395 e. The summed E-state index contributed by atoms with van der Waals surface area (Å²) in [4.78, 5) is 2.49. The summed E-state index contributed by atoms with van der Waals surface area (Å²) in [6.45, 7) is 3.31. The summed E-state index contributed by atoms with van der Waals surface area (Å²) in [6.07, 6.45) is 4.73. The third kappa shape index (κ3) is 2.03. The monoisotopic (exact) mass is 185 g/mol. The van der Waals surface area contributed by atoms with Gasteiger partial charge in [-0.15, -0.1) is 0 Å². The number of rotatable bonds is 2. The Kier molecular flexibility index (Phi) is 3.19.